The van der Waals surface area contributed by atoms with Gasteiger partial charge in [0.05, 0.1) is 12.1 Å². The van der Waals surface area contributed by atoms with Crippen molar-refractivity contribution in [1.82, 2.24) is 0 Å². The lowest BCUT2D eigenvalue weighted by molar-refractivity contribution is -0.135. The number of carbonyl (C=O) groups excluding carboxylic acids is 1. The molecule has 0 fully saturated rings. The molecule has 1 aromatic carbocycles. The molecular formula is C12H12N2O2S. The monoisotopic (exact) mass is 248 g/mol. The zero-order chi connectivity index (χ0) is 12.7. The summed E-state index contributed by atoms with van der Waals surface area (Å²) in [4.78, 5) is 11.4. The predicted octanol–water partition coefficient (Wildman–Crippen LogP) is 2.37. The molecule has 0 bridgehead atoms. The molecule has 0 saturated carbocycles. The summed E-state index contributed by atoms with van der Waals surface area (Å²) < 4.78 is 4.55. The smallest absolute Gasteiger partial charge is 0.351 e. The molecule has 1 N–H and O–H groups in total. The van der Waals surface area contributed by atoms with Gasteiger partial charge >= 0.3 is 5.97 Å². The minimum atomic E-state index is -0.639. The zero-order valence-electron chi connectivity index (χ0n) is 9.56. The quantitative estimate of drug-likeness (QED) is 0.503. The number of nitriles is 1. The fraction of sp³-hybridized carbons (Fsp3) is 0.167. The largest absolute Gasteiger partial charge is 0.465 e. The average Bonchev–Trinajstić information content (AvgIpc) is 2.39. The Morgan fingerprint density at radius 2 is 2.06 bits per heavy atom. The molecule has 0 aromatic heterocycles. The Hall–Kier alpha value is -1.93. The van der Waals surface area contributed by atoms with Gasteiger partial charge in [-0.15, -0.1) is 11.8 Å². The molecular weight excluding hydrogens is 236 g/mol. The van der Waals surface area contributed by atoms with E-state index in [9.17, 15) is 4.79 Å². The van der Waals surface area contributed by atoms with E-state index in [1.807, 2.05) is 36.4 Å². The minimum Gasteiger partial charge on any atom is -0.465 e. The Balaban J connectivity index is 3.02. The maximum Gasteiger partial charge on any atom is 0.351 e. The summed E-state index contributed by atoms with van der Waals surface area (Å²) in [5.41, 5.74) is 0.789. The van der Waals surface area contributed by atoms with Crippen molar-refractivity contribution < 1.29 is 9.53 Å². The van der Waals surface area contributed by atoms with Gasteiger partial charge in [0.15, 0.2) is 5.57 Å². The first-order chi connectivity index (χ1) is 8.22. The second kappa shape index (κ2) is 6.61. The molecule has 0 atom stereocenters. The fourth-order valence-corrected chi connectivity index (χ4v) is 1.71. The Kier molecular flexibility index (Phi) is 5.11. The number of nitrogens with zero attached hydrogens (tertiary/aromatic N) is 1. The van der Waals surface area contributed by atoms with E-state index in [0.29, 0.717) is 5.03 Å². The topological polar surface area (TPSA) is 62.1 Å². The molecule has 0 amide bonds. The second-order valence-electron chi connectivity index (χ2n) is 3.00. The number of anilines is 1. The van der Waals surface area contributed by atoms with Crippen LogP contribution in [0.2, 0.25) is 0 Å². The van der Waals surface area contributed by atoms with Crippen molar-refractivity contribution >= 4 is 23.4 Å². The summed E-state index contributed by atoms with van der Waals surface area (Å²) in [6.45, 7) is 0. The van der Waals surface area contributed by atoms with E-state index in [1.165, 1.54) is 18.9 Å². The van der Waals surface area contributed by atoms with Gasteiger partial charge in [0.1, 0.15) is 6.07 Å². The predicted molar refractivity (Wildman–Crippen MR) is 68.2 cm³/mol. The number of methoxy groups -OCH3 is 1. The molecule has 4 nitrogen and oxygen atoms in total. The van der Waals surface area contributed by atoms with Crippen molar-refractivity contribution in [2.45, 2.75) is 0 Å². The van der Waals surface area contributed by atoms with Crippen LogP contribution < -0.4 is 5.32 Å². The molecule has 17 heavy (non-hydrogen) atoms. The van der Waals surface area contributed by atoms with Crippen molar-refractivity contribution in [1.29, 1.82) is 5.26 Å². The third kappa shape index (κ3) is 3.54. The van der Waals surface area contributed by atoms with Crippen molar-refractivity contribution in [2.24, 2.45) is 0 Å². The lowest BCUT2D eigenvalue weighted by atomic mass is 10.3. The Bertz CT molecular complexity index is 463. The number of thioether (sulfide) groups is 1. The molecule has 0 spiro atoms. The highest BCUT2D eigenvalue weighted by Gasteiger charge is 2.15. The SMILES string of the molecule is COC(=O)/C(C#N)=C(/Nc1ccccc1)SC. The van der Waals surface area contributed by atoms with E-state index in [0.717, 1.165) is 5.69 Å². The molecule has 1 aromatic rings. The van der Waals surface area contributed by atoms with E-state index in [1.54, 1.807) is 6.26 Å². The van der Waals surface area contributed by atoms with Gasteiger partial charge in [0.25, 0.3) is 0 Å². The van der Waals surface area contributed by atoms with Gasteiger partial charge in [0.2, 0.25) is 0 Å². The summed E-state index contributed by atoms with van der Waals surface area (Å²) in [6.07, 6.45) is 1.78. The normalized spacial score (nSPS) is 11.1. The number of benzene rings is 1. The van der Waals surface area contributed by atoms with Crippen LogP contribution in [0, 0.1) is 11.3 Å². The summed E-state index contributed by atoms with van der Waals surface area (Å²) >= 11 is 1.29. The highest BCUT2D eigenvalue weighted by molar-refractivity contribution is 8.02. The van der Waals surface area contributed by atoms with E-state index in [4.69, 9.17) is 5.26 Å². The maximum absolute atomic E-state index is 11.4. The van der Waals surface area contributed by atoms with Crippen LogP contribution in [0.1, 0.15) is 0 Å². The minimum absolute atomic E-state index is 0.0242. The van der Waals surface area contributed by atoms with Crippen molar-refractivity contribution in [3.63, 3.8) is 0 Å². The summed E-state index contributed by atoms with van der Waals surface area (Å²) in [5.74, 6) is -0.639. The van der Waals surface area contributed by atoms with Crippen LogP contribution in [0.5, 0.6) is 0 Å². The first-order valence-corrected chi connectivity index (χ1v) is 6.04. The van der Waals surface area contributed by atoms with Crippen molar-refractivity contribution in [3.05, 3.63) is 40.9 Å². The van der Waals surface area contributed by atoms with Crippen molar-refractivity contribution in [2.75, 3.05) is 18.7 Å². The van der Waals surface area contributed by atoms with E-state index >= 15 is 0 Å². The van der Waals surface area contributed by atoms with Crippen LogP contribution >= 0.6 is 11.8 Å². The standard InChI is InChI=1S/C12H12N2O2S/c1-16-12(15)10(8-13)11(17-2)14-9-6-4-3-5-7-9/h3-7,14H,1-2H3/b11-10-. The van der Waals surface area contributed by atoms with E-state index in [2.05, 4.69) is 10.1 Å². The first kappa shape index (κ1) is 13.1. The molecule has 88 valence electrons. The molecule has 0 saturated heterocycles. The van der Waals surface area contributed by atoms with E-state index < -0.39 is 5.97 Å². The molecule has 0 aliphatic heterocycles. The molecule has 0 radical (unpaired) electrons. The van der Waals surface area contributed by atoms with Crippen LogP contribution in [-0.4, -0.2) is 19.3 Å². The van der Waals surface area contributed by atoms with Gasteiger partial charge in [-0.3, -0.25) is 0 Å². The fourth-order valence-electron chi connectivity index (χ4n) is 1.16. The number of ether oxygens (including phenoxy) is 1. The molecule has 0 aliphatic carbocycles. The maximum atomic E-state index is 11.4. The highest BCUT2D eigenvalue weighted by Crippen LogP contribution is 2.20. The third-order valence-corrected chi connectivity index (χ3v) is 2.68. The van der Waals surface area contributed by atoms with Gasteiger partial charge in [-0.1, -0.05) is 18.2 Å². The number of rotatable bonds is 4. The summed E-state index contributed by atoms with van der Waals surface area (Å²) in [5, 5.41) is 12.4. The molecule has 0 heterocycles. The number of hydrogen-bond acceptors (Lipinski definition) is 5. The van der Waals surface area contributed by atoms with Crippen LogP contribution in [0.15, 0.2) is 40.9 Å². The van der Waals surface area contributed by atoms with Crippen molar-refractivity contribution in [3.8, 4) is 6.07 Å². The number of nitrogens with one attached hydrogen (secondary N) is 1. The number of esters is 1. The Morgan fingerprint density at radius 3 is 2.53 bits per heavy atom. The summed E-state index contributed by atoms with van der Waals surface area (Å²) in [7, 11) is 1.25. The van der Waals surface area contributed by atoms with Gasteiger partial charge in [-0.25, -0.2) is 4.79 Å². The molecule has 0 aliphatic rings. The van der Waals surface area contributed by atoms with Gasteiger partial charge < -0.3 is 10.1 Å². The highest BCUT2D eigenvalue weighted by atomic mass is 32.2. The number of para-hydroxylation sites is 1. The zero-order valence-corrected chi connectivity index (χ0v) is 10.4. The second-order valence-corrected chi connectivity index (χ2v) is 3.82. The Labute approximate surface area is 104 Å². The third-order valence-electron chi connectivity index (χ3n) is 1.96. The average molecular weight is 248 g/mol. The van der Waals surface area contributed by atoms with Gasteiger partial charge in [-0.05, 0) is 18.4 Å². The van der Waals surface area contributed by atoms with Crippen LogP contribution in [-0.2, 0) is 9.53 Å². The molecule has 5 heteroatoms. The number of carbonyl (C=O) groups is 1. The summed E-state index contributed by atoms with van der Waals surface area (Å²) in [6, 6.07) is 11.2. The van der Waals surface area contributed by atoms with Crippen LogP contribution in [0.3, 0.4) is 0 Å². The Morgan fingerprint density at radius 1 is 1.41 bits per heavy atom. The van der Waals surface area contributed by atoms with E-state index in [-0.39, 0.29) is 5.57 Å². The molecule has 0 unspecified atom stereocenters. The number of hydrogen-bond donors (Lipinski definition) is 1. The van der Waals surface area contributed by atoms with Gasteiger partial charge in [-0.2, -0.15) is 5.26 Å². The van der Waals surface area contributed by atoms with Crippen LogP contribution in [0.4, 0.5) is 5.69 Å². The van der Waals surface area contributed by atoms with Crippen LogP contribution in [0.25, 0.3) is 0 Å². The lowest BCUT2D eigenvalue weighted by Crippen LogP contribution is -2.09. The first-order valence-electron chi connectivity index (χ1n) is 4.81. The van der Waals surface area contributed by atoms with Gasteiger partial charge in [0, 0.05) is 5.69 Å². The lowest BCUT2D eigenvalue weighted by Gasteiger charge is -2.09. The molecule has 1 rings (SSSR count).